The average Bonchev–Trinajstić information content (AvgIpc) is 1.63. The predicted octanol–water partition coefficient (Wildman–Crippen LogP) is 7.25. The molecule has 0 unspecified atom stereocenters. The zero-order chi connectivity index (χ0) is 95.5. The van der Waals surface area contributed by atoms with Crippen molar-refractivity contribution >= 4 is 154 Å². The van der Waals surface area contributed by atoms with Gasteiger partial charge in [-0.1, -0.05) is 15.9 Å². The Balaban J connectivity index is 0.000000141. The van der Waals surface area contributed by atoms with Crippen LogP contribution in [0.3, 0.4) is 0 Å². The van der Waals surface area contributed by atoms with E-state index in [1.165, 1.54) is 19.2 Å². The normalized spacial score (nSPS) is 13.8. The number of piperazine rings is 4. The molecule has 4 aliphatic heterocycles. The van der Waals surface area contributed by atoms with Crippen LogP contribution in [0.15, 0.2) is 184 Å². The summed E-state index contributed by atoms with van der Waals surface area (Å²) in [6.07, 6.45) is 9.75. The summed E-state index contributed by atoms with van der Waals surface area (Å²) in [5.74, 6) is 6.07. The molecule has 4 aliphatic rings. The number of nitrogens with two attached hydrogens (primary N) is 3. The largest absolute Gasteiger partial charge is 0.491 e. The second kappa shape index (κ2) is 48.7. The first-order valence-electron chi connectivity index (χ1n) is 44.0. The van der Waals surface area contributed by atoms with Crippen molar-refractivity contribution in [1.82, 2.24) is 104 Å². The molecule has 4 saturated heterocycles. The van der Waals surface area contributed by atoms with Crippen LogP contribution < -0.4 is 65.7 Å². The monoisotopic (exact) mass is 2000 g/mol. The molecule has 48 heteroatoms. The average molecular weight is 2000 g/mol. The number of benzene rings is 4. The fraction of sp³-hybridized carbons (Fsp3) is 0.356. The Bertz CT molecular complexity index is 6470. The third kappa shape index (κ3) is 25.3. The van der Waals surface area contributed by atoms with Gasteiger partial charge in [0.15, 0.2) is 45.5 Å². The first-order chi connectivity index (χ1) is 66.9. The van der Waals surface area contributed by atoms with Crippen molar-refractivity contribution in [2.45, 2.75) is 13.1 Å². The molecule has 138 heavy (non-hydrogen) atoms. The standard InChI is InChI=1S/2C25H27N9O4.C15H21ClN2O3.C13H20N2O2.C10H7N7O.C2H3BrO2.ClH/c1-36-13-14-37-18-6-4-17(5-7-18)31-8-10-32(11-9-31)21(35)16-33-23-19(15-27-33)24-28-22(20-3-2-12-38-20)30-34(24)25(26)29-23;1-36-13-14-37-18-6-4-17(5-7-18)31-8-10-32(11-9-31)21(35)16-33-15-19-22(29-33)28-25(26)34-24(19)27-23(30-34)20-3-2-12-38-20;1-20-10-11-21-14-4-2-13(3-5-14)17-6-8-18(9-7-17)15(19)12-16;1-16-10-11-17-13-4-2-12(3-5-13)15-8-6-14-7-9-15;11-10-14-7-5(4-12-15-7)9-13-8(16-17(9)10)6-2-1-3-18-6;3-1-2(4)5;/h2-7,12,15H,8-11,13-14,16H2,1H3,(H2,26,29);2-7,12,15H,8-11,13-14,16H2,1H3,(H2,26,28,29);2-5H,6-12H2,1H3;2-5,14H,6-11H2,1H3;1-4H,(H3,11,12,14,15);1H2,(H,4,5);1H/p+1. The zero-order valence-electron chi connectivity index (χ0n) is 76.2. The smallest absolute Gasteiger partial charge is 0.314 e. The van der Waals surface area contributed by atoms with Gasteiger partial charge in [0.05, 0.1) is 68.4 Å². The van der Waals surface area contributed by atoms with Crippen LogP contribution in [-0.4, -0.2) is 325 Å². The van der Waals surface area contributed by atoms with E-state index in [0.29, 0.717) is 158 Å². The van der Waals surface area contributed by atoms with Gasteiger partial charge >= 0.3 is 5.97 Å². The SMILES string of the molecule is COCCOc1ccc(N2CCN(C(=O)CCl)CC2)cc1.COCCOc1ccc(N2CCN(C(=O)C[n+]3cc4c(nc(N)n5nc(-c6ccco6)nc45)[nH]3)CC2)cc1.COCCOc1ccc(N2CCN(C(=O)Cn3ncc4c3nc(N)n3nc(-c5ccco5)nc43)CC2)cc1.COCCOc1ccc(N2CCNCC2)cc1.Cl.Nc1nc2[nH]ncc2c2nc(-c3ccco3)nn12.O=C(O)CBr. The maximum absolute atomic E-state index is 13.1. The summed E-state index contributed by atoms with van der Waals surface area (Å²) >= 11 is 8.29. The molecule has 12 aromatic heterocycles. The minimum absolute atomic E-state index is 0. The van der Waals surface area contributed by atoms with Gasteiger partial charge in [0.1, 0.15) is 72.6 Å². The number of rotatable bonds is 29. The molecule has 0 bridgehead atoms. The molecular weight excluding hydrogens is 1890 g/mol. The highest BCUT2D eigenvalue weighted by Gasteiger charge is 2.30. The van der Waals surface area contributed by atoms with E-state index in [4.69, 9.17) is 85.1 Å². The second-order valence-corrected chi connectivity index (χ2v) is 31.8. The van der Waals surface area contributed by atoms with E-state index in [0.717, 1.165) is 124 Å². The summed E-state index contributed by atoms with van der Waals surface area (Å²) in [5, 5.41) is 40.5. The van der Waals surface area contributed by atoms with Gasteiger partial charge < -0.3 is 113 Å². The molecule has 0 saturated carbocycles. The molecule has 45 nitrogen and oxygen atoms in total. The van der Waals surface area contributed by atoms with Gasteiger partial charge in [-0.15, -0.1) is 49.1 Å². The summed E-state index contributed by atoms with van der Waals surface area (Å²) in [7, 11) is 6.63. The maximum atomic E-state index is 13.1. The number of carbonyl (C=O) groups excluding carboxylic acids is 3. The van der Waals surface area contributed by atoms with Crippen molar-refractivity contribution in [2.75, 3.05) is 234 Å². The lowest BCUT2D eigenvalue weighted by Crippen LogP contribution is -2.53. The number of H-pyrrole nitrogens is 2. The fourth-order valence-corrected chi connectivity index (χ4v) is 15.3. The van der Waals surface area contributed by atoms with Crippen LogP contribution in [0, 0.1) is 0 Å². The molecule has 10 N–H and O–H groups in total. The van der Waals surface area contributed by atoms with Crippen LogP contribution in [-0.2, 0) is 51.2 Å². The molecule has 4 aromatic carbocycles. The summed E-state index contributed by atoms with van der Waals surface area (Å²) in [4.78, 5) is 88.3. The molecule has 728 valence electrons. The van der Waals surface area contributed by atoms with Gasteiger partial charge in [0, 0.05) is 156 Å². The lowest BCUT2D eigenvalue weighted by atomic mass is 10.2. The Hall–Kier alpha value is -14.7. The van der Waals surface area contributed by atoms with Crippen molar-refractivity contribution in [2.24, 2.45) is 0 Å². The van der Waals surface area contributed by atoms with Crippen molar-refractivity contribution in [1.29, 1.82) is 0 Å². The summed E-state index contributed by atoms with van der Waals surface area (Å²) in [5.41, 5.74) is 25.9. The Kier molecular flexibility index (Phi) is 35.0. The van der Waals surface area contributed by atoms with E-state index < -0.39 is 5.97 Å². The van der Waals surface area contributed by atoms with Gasteiger partial charge in [-0.05, 0) is 133 Å². The number of alkyl halides is 2. The number of methoxy groups -OCH3 is 4. The molecule has 3 amide bonds. The van der Waals surface area contributed by atoms with E-state index in [1.807, 2.05) is 106 Å². The molecule has 20 rings (SSSR count). The first-order valence-corrected chi connectivity index (χ1v) is 45.6. The van der Waals surface area contributed by atoms with Crippen LogP contribution >= 0.6 is 39.9 Å². The summed E-state index contributed by atoms with van der Waals surface area (Å²) in [6.45, 7) is 17.5. The number of ether oxygens (including phenoxy) is 8. The van der Waals surface area contributed by atoms with E-state index in [1.54, 1.807) is 105 Å². The van der Waals surface area contributed by atoms with Crippen LogP contribution in [0.5, 0.6) is 23.0 Å². The number of nitrogens with zero attached hydrogens (tertiary/aromatic N) is 23. The lowest BCUT2D eigenvalue weighted by Gasteiger charge is -2.36. The van der Waals surface area contributed by atoms with E-state index in [9.17, 15) is 19.2 Å². The number of halogens is 3. The second-order valence-electron chi connectivity index (χ2n) is 31.0. The Labute approximate surface area is 809 Å². The van der Waals surface area contributed by atoms with Crippen molar-refractivity contribution < 1.29 is 80.1 Å². The van der Waals surface area contributed by atoms with Gasteiger partial charge in [-0.25, -0.2) is 19.6 Å². The number of anilines is 7. The molecule has 0 aliphatic carbocycles. The van der Waals surface area contributed by atoms with E-state index in [-0.39, 0.29) is 72.3 Å². The number of hydrogen-bond donors (Lipinski definition) is 7. The molecule has 0 atom stereocenters. The Morgan fingerprint density at radius 2 is 0.804 bits per heavy atom. The topological polar surface area (TPSA) is 510 Å². The summed E-state index contributed by atoms with van der Waals surface area (Å²) < 4.78 is 66.0. The van der Waals surface area contributed by atoms with Crippen molar-refractivity contribution in [3.05, 3.63) is 171 Å². The first kappa shape index (κ1) is 99.3. The highest BCUT2D eigenvalue weighted by molar-refractivity contribution is 9.09. The fourth-order valence-electron chi connectivity index (χ4n) is 15.1. The van der Waals surface area contributed by atoms with Crippen LogP contribution in [0.1, 0.15) is 0 Å². The van der Waals surface area contributed by atoms with E-state index in [2.05, 4.69) is 119 Å². The molecule has 0 spiro atoms. The lowest BCUT2D eigenvalue weighted by molar-refractivity contribution is -0.737. The van der Waals surface area contributed by atoms with E-state index >= 15 is 0 Å². The van der Waals surface area contributed by atoms with Gasteiger partial charge in [0.2, 0.25) is 65.5 Å². The number of nitrogens with one attached hydrogen (secondary N) is 3. The summed E-state index contributed by atoms with van der Waals surface area (Å²) in [6, 6.07) is 42.9. The maximum Gasteiger partial charge on any atom is 0.314 e. The Morgan fingerprint density at radius 1 is 0.442 bits per heavy atom. The highest BCUT2D eigenvalue weighted by atomic mass is 79.9. The number of carbonyl (C=O) groups is 4. The number of aromatic nitrogens is 18. The minimum atomic E-state index is -0.829. The minimum Gasteiger partial charge on any atom is -0.491 e. The number of carboxylic acid groups (broad SMARTS) is 1. The predicted molar refractivity (Wildman–Crippen MR) is 520 cm³/mol. The molecular formula is C90H107BrCl2N29O16+. The molecule has 4 fully saturated rings. The van der Waals surface area contributed by atoms with Gasteiger partial charge in [-0.3, -0.25) is 24.3 Å². The quantitative estimate of drug-likeness (QED) is 0.0138. The number of amides is 3. The third-order valence-corrected chi connectivity index (χ3v) is 22.9. The molecule has 16 aromatic rings. The number of carboxylic acids is 1. The number of furan rings is 3. The highest BCUT2D eigenvalue weighted by Crippen LogP contribution is 2.30. The van der Waals surface area contributed by atoms with Crippen LogP contribution in [0.4, 0.5) is 40.6 Å². The van der Waals surface area contributed by atoms with Crippen molar-refractivity contribution in [3.8, 4) is 57.8 Å². The number of aliphatic carboxylic acids is 1. The number of nitrogen functional groups attached to an aromatic ring is 3. The van der Waals surface area contributed by atoms with Crippen molar-refractivity contribution in [3.63, 3.8) is 0 Å². The zero-order valence-corrected chi connectivity index (χ0v) is 79.4. The van der Waals surface area contributed by atoms with Crippen LogP contribution in [0.25, 0.3) is 84.8 Å². The third-order valence-electron chi connectivity index (χ3n) is 22.2. The number of fused-ring (bicyclic) bond motifs is 9. The number of hydrogen-bond acceptors (Lipinski definition) is 34. The van der Waals surface area contributed by atoms with Gasteiger partial charge in [0.25, 0.3) is 5.91 Å². The van der Waals surface area contributed by atoms with Gasteiger partial charge in [-0.2, -0.15) is 38.7 Å². The molecule has 0 radical (unpaired) electrons. The van der Waals surface area contributed by atoms with Crippen LogP contribution in [0.2, 0.25) is 0 Å². The Morgan fingerprint density at radius 3 is 1.18 bits per heavy atom. The molecule has 16 heterocycles. The number of aromatic amines is 2.